The number of hydrogen-bond acceptors (Lipinski definition) is 4. The molecular formula is C13H20ClN3O3S. The Labute approximate surface area is 130 Å². The number of sulfonamides is 1. The SMILES string of the molecule is CCNc1ccc(Cl)cc1C(=O)NCCS(=O)(=O)N(C)C. The maximum Gasteiger partial charge on any atom is 0.253 e. The third kappa shape index (κ3) is 5.18. The Bertz CT molecular complexity index is 603. The summed E-state index contributed by atoms with van der Waals surface area (Å²) in [4.78, 5) is 12.1. The lowest BCUT2D eigenvalue weighted by molar-refractivity contribution is 0.0957. The number of amides is 1. The van der Waals surface area contributed by atoms with Crippen LogP contribution in [0.15, 0.2) is 18.2 Å². The van der Waals surface area contributed by atoms with Crippen LogP contribution in [0, 0.1) is 0 Å². The van der Waals surface area contributed by atoms with Crippen LogP contribution in [-0.4, -0.2) is 51.6 Å². The standard InChI is InChI=1S/C13H20ClN3O3S/c1-4-15-12-6-5-10(14)9-11(12)13(18)16-7-8-21(19,20)17(2)3/h5-6,9,15H,4,7-8H2,1-3H3,(H,16,18). The van der Waals surface area contributed by atoms with Crippen molar-refractivity contribution in [2.45, 2.75) is 6.92 Å². The van der Waals surface area contributed by atoms with Gasteiger partial charge in [-0.2, -0.15) is 0 Å². The van der Waals surface area contributed by atoms with Crippen LogP contribution >= 0.6 is 11.6 Å². The molecule has 0 unspecified atom stereocenters. The van der Waals surface area contributed by atoms with Crippen molar-refractivity contribution in [2.24, 2.45) is 0 Å². The molecule has 2 N–H and O–H groups in total. The molecule has 0 saturated carbocycles. The molecule has 0 radical (unpaired) electrons. The van der Waals surface area contributed by atoms with Crippen LogP contribution in [0.25, 0.3) is 0 Å². The maximum absolute atomic E-state index is 12.1. The van der Waals surface area contributed by atoms with Crippen molar-refractivity contribution in [3.05, 3.63) is 28.8 Å². The van der Waals surface area contributed by atoms with Gasteiger partial charge in [0.05, 0.1) is 11.3 Å². The fraction of sp³-hybridized carbons (Fsp3) is 0.462. The number of benzene rings is 1. The van der Waals surface area contributed by atoms with Crippen molar-refractivity contribution in [1.82, 2.24) is 9.62 Å². The van der Waals surface area contributed by atoms with Crippen LogP contribution in [-0.2, 0) is 10.0 Å². The van der Waals surface area contributed by atoms with Gasteiger partial charge in [-0.1, -0.05) is 11.6 Å². The van der Waals surface area contributed by atoms with Gasteiger partial charge in [-0.3, -0.25) is 4.79 Å². The summed E-state index contributed by atoms with van der Waals surface area (Å²) in [5.74, 6) is -0.509. The first kappa shape index (κ1) is 17.7. The number of anilines is 1. The van der Waals surface area contributed by atoms with E-state index in [1.807, 2.05) is 6.92 Å². The van der Waals surface area contributed by atoms with Gasteiger partial charge in [0.15, 0.2) is 0 Å². The molecule has 1 amide bonds. The molecule has 1 rings (SSSR count). The van der Waals surface area contributed by atoms with Crippen molar-refractivity contribution < 1.29 is 13.2 Å². The van der Waals surface area contributed by atoms with Gasteiger partial charge < -0.3 is 10.6 Å². The normalized spacial score (nSPS) is 11.5. The number of halogens is 1. The first-order chi connectivity index (χ1) is 9.77. The zero-order chi connectivity index (χ0) is 16.0. The lowest BCUT2D eigenvalue weighted by Gasteiger charge is -2.13. The summed E-state index contributed by atoms with van der Waals surface area (Å²) in [6.07, 6.45) is 0. The predicted octanol–water partition coefficient (Wildman–Crippen LogP) is 1.39. The minimum Gasteiger partial charge on any atom is -0.385 e. The second kappa shape index (κ2) is 7.63. The first-order valence-corrected chi connectivity index (χ1v) is 8.48. The van der Waals surface area contributed by atoms with E-state index in [1.165, 1.54) is 14.1 Å². The zero-order valence-electron chi connectivity index (χ0n) is 12.3. The molecule has 0 fully saturated rings. The summed E-state index contributed by atoms with van der Waals surface area (Å²) in [7, 11) is -0.416. The Hall–Kier alpha value is -1.31. The van der Waals surface area contributed by atoms with Crippen molar-refractivity contribution in [1.29, 1.82) is 0 Å². The molecular weight excluding hydrogens is 314 g/mol. The highest BCUT2D eigenvalue weighted by Gasteiger charge is 2.16. The minimum atomic E-state index is -3.33. The van der Waals surface area contributed by atoms with Crippen LogP contribution in [0.4, 0.5) is 5.69 Å². The van der Waals surface area contributed by atoms with Gasteiger partial charge in [0.1, 0.15) is 0 Å². The molecule has 1 aromatic carbocycles. The summed E-state index contributed by atoms with van der Waals surface area (Å²) < 4.78 is 24.4. The van der Waals surface area contributed by atoms with Gasteiger partial charge in [-0.25, -0.2) is 12.7 Å². The van der Waals surface area contributed by atoms with Crippen molar-refractivity contribution in [3.63, 3.8) is 0 Å². The third-order valence-corrected chi connectivity index (χ3v) is 4.86. The molecule has 0 spiro atoms. The molecule has 6 nitrogen and oxygen atoms in total. The maximum atomic E-state index is 12.1. The Kier molecular flexibility index (Phi) is 6.44. The van der Waals surface area contributed by atoms with E-state index in [0.29, 0.717) is 22.8 Å². The number of carbonyl (C=O) groups is 1. The van der Waals surface area contributed by atoms with Gasteiger partial charge in [0.2, 0.25) is 10.0 Å². The molecule has 0 bridgehead atoms. The Morgan fingerprint density at radius 2 is 2.00 bits per heavy atom. The van der Waals surface area contributed by atoms with E-state index in [2.05, 4.69) is 10.6 Å². The highest BCUT2D eigenvalue weighted by Crippen LogP contribution is 2.20. The fourth-order valence-electron chi connectivity index (χ4n) is 1.62. The quantitative estimate of drug-likeness (QED) is 0.790. The number of rotatable bonds is 7. The molecule has 21 heavy (non-hydrogen) atoms. The Morgan fingerprint density at radius 3 is 2.57 bits per heavy atom. The predicted molar refractivity (Wildman–Crippen MR) is 85.4 cm³/mol. The molecule has 0 aromatic heterocycles. The molecule has 8 heteroatoms. The van der Waals surface area contributed by atoms with Gasteiger partial charge in [-0.15, -0.1) is 0 Å². The van der Waals surface area contributed by atoms with E-state index < -0.39 is 10.0 Å². The molecule has 0 aliphatic carbocycles. The Morgan fingerprint density at radius 1 is 1.33 bits per heavy atom. The molecule has 0 heterocycles. The average molecular weight is 334 g/mol. The molecule has 0 saturated heterocycles. The van der Waals surface area contributed by atoms with E-state index in [-0.39, 0.29) is 18.2 Å². The monoisotopic (exact) mass is 333 g/mol. The first-order valence-electron chi connectivity index (χ1n) is 6.49. The van der Waals surface area contributed by atoms with Crippen molar-refractivity contribution in [3.8, 4) is 0 Å². The third-order valence-electron chi connectivity index (χ3n) is 2.80. The summed E-state index contributed by atoms with van der Waals surface area (Å²) in [5, 5.41) is 6.10. The molecule has 0 aliphatic rings. The highest BCUT2D eigenvalue weighted by molar-refractivity contribution is 7.89. The smallest absolute Gasteiger partial charge is 0.253 e. The minimum absolute atomic E-state index is 0.0391. The van der Waals surface area contributed by atoms with Crippen LogP contribution in [0.5, 0.6) is 0 Å². The number of nitrogens with zero attached hydrogens (tertiary/aromatic N) is 1. The Balaban J connectivity index is 2.74. The summed E-state index contributed by atoms with van der Waals surface area (Å²) in [6.45, 7) is 2.62. The number of carbonyl (C=O) groups excluding carboxylic acids is 1. The van der Waals surface area contributed by atoms with Crippen LogP contribution in [0.1, 0.15) is 17.3 Å². The second-order valence-corrected chi connectivity index (χ2v) is 7.31. The van der Waals surface area contributed by atoms with E-state index in [0.717, 1.165) is 4.31 Å². The van der Waals surface area contributed by atoms with Crippen LogP contribution in [0.3, 0.4) is 0 Å². The van der Waals surface area contributed by atoms with Gasteiger partial charge in [0, 0.05) is 37.9 Å². The van der Waals surface area contributed by atoms with E-state index in [9.17, 15) is 13.2 Å². The summed E-state index contributed by atoms with van der Waals surface area (Å²) in [6, 6.07) is 4.96. The van der Waals surface area contributed by atoms with E-state index >= 15 is 0 Å². The van der Waals surface area contributed by atoms with Crippen molar-refractivity contribution in [2.75, 3.05) is 38.3 Å². The zero-order valence-corrected chi connectivity index (χ0v) is 13.9. The number of nitrogens with one attached hydrogen (secondary N) is 2. The molecule has 0 atom stereocenters. The fourth-order valence-corrected chi connectivity index (χ4v) is 2.52. The largest absolute Gasteiger partial charge is 0.385 e. The lowest BCUT2D eigenvalue weighted by Crippen LogP contribution is -2.34. The van der Waals surface area contributed by atoms with Gasteiger partial charge in [0.25, 0.3) is 5.91 Å². The number of hydrogen-bond donors (Lipinski definition) is 2. The van der Waals surface area contributed by atoms with Crippen LogP contribution in [0.2, 0.25) is 5.02 Å². The van der Waals surface area contributed by atoms with Crippen LogP contribution < -0.4 is 10.6 Å². The highest BCUT2D eigenvalue weighted by atomic mass is 35.5. The molecule has 1 aromatic rings. The molecule has 0 aliphatic heterocycles. The summed E-state index contributed by atoms with van der Waals surface area (Å²) >= 11 is 5.90. The van der Waals surface area contributed by atoms with Gasteiger partial charge >= 0.3 is 0 Å². The van der Waals surface area contributed by atoms with E-state index in [1.54, 1.807) is 18.2 Å². The van der Waals surface area contributed by atoms with E-state index in [4.69, 9.17) is 11.6 Å². The topological polar surface area (TPSA) is 78.5 Å². The summed E-state index contributed by atoms with van der Waals surface area (Å²) in [5.41, 5.74) is 1.06. The lowest BCUT2D eigenvalue weighted by atomic mass is 10.1. The second-order valence-electron chi connectivity index (χ2n) is 4.57. The van der Waals surface area contributed by atoms with Gasteiger partial charge in [-0.05, 0) is 25.1 Å². The average Bonchev–Trinajstić information content (AvgIpc) is 2.40. The van der Waals surface area contributed by atoms with Crippen molar-refractivity contribution >= 4 is 33.2 Å². The molecule has 118 valence electrons.